The Kier molecular flexibility index (Phi) is 6.57. The van der Waals surface area contributed by atoms with Gasteiger partial charge in [-0.05, 0) is 17.0 Å². The second-order valence-electron chi connectivity index (χ2n) is 6.82. The number of aromatic nitrogens is 1. The van der Waals surface area contributed by atoms with E-state index in [-0.39, 0.29) is 17.7 Å². The monoisotopic (exact) mass is 389 g/mol. The maximum atomic E-state index is 13.3. The zero-order valence-corrected chi connectivity index (χ0v) is 16.9. The molecule has 0 saturated carbocycles. The van der Waals surface area contributed by atoms with E-state index < -0.39 is 0 Å². The number of carbonyl (C=O) groups excluding carboxylic acids is 1. The van der Waals surface area contributed by atoms with Crippen LogP contribution in [0.25, 0.3) is 0 Å². The topological polar surface area (TPSA) is 57.0 Å². The lowest BCUT2D eigenvalue weighted by atomic mass is 9.84. The van der Waals surface area contributed by atoms with Crippen LogP contribution in [0.2, 0.25) is 0 Å². The highest BCUT2D eigenvalue weighted by Crippen LogP contribution is 2.32. The molecule has 3 aromatic rings. The maximum absolute atomic E-state index is 13.3. The summed E-state index contributed by atoms with van der Waals surface area (Å²) in [6, 6.07) is 19.8. The van der Waals surface area contributed by atoms with Gasteiger partial charge in [-0.1, -0.05) is 80.9 Å². The van der Waals surface area contributed by atoms with Gasteiger partial charge >= 0.3 is 0 Å². The molecule has 1 heterocycles. The van der Waals surface area contributed by atoms with Crippen LogP contribution in [0.1, 0.15) is 42.2 Å². The van der Waals surface area contributed by atoms with Crippen LogP contribution < -0.4 is 4.90 Å². The molecule has 28 heavy (non-hydrogen) atoms. The number of anilines is 1. The summed E-state index contributed by atoms with van der Waals surface area (Å²) in [6.07, 6.45) is 5.40. The zero-order valence-electron chi connectivity index (χ0n) is 16.1. The summed E-state index contributed by atoms with van der Waals surface area (Å²) in [5.74, 6) is -0.467. The molecule has 0 aliphatic rings. The quantitative estimate of drug-likeness (QED) is 0.403. The zero-order chi connectivity index (χ0) is 19.9. The van der Waals surface area contributed by atoms with E-state index in [0.717, 1.165) is 28.2 Å². The van der Waals surface area contributed by atoms with Crippen molar-refractivity contribution in [2.45, 2.75) is 32.6 Å². The third kappa shape index (κ3) is 4.47. The third-order valence-corrected chi connectivity index (χ3v) is 5.89. The summed E-state index contributed by atoms with van der Waals surface area (Å²) in [4.78, 5) is 19.9. The lowest BCUT2D eigenvalue weighted by molar-refractivity contribution is -0.120. The van der Waals surface area contributed by atoms with Crippen LogP contribution in [0.5, 0.6) is 0 Å². The first-order valence-electron chi connectivity index (χ1n) is 9.41. The summed E-state index contributed by atoms with van der Waals surface area (Å²) in [7, 11) is 0. The predicted octanol–water partition coefficient (Wildman–Crippen LogP) is 5.38. The molecule has 5 heteroatoms. The number of hydrogen-bond acceptors (Lipinski definition) is 4. The summed E-state index contributed by atoms with van der Waals surface area (Å²) in [5, 5.41) is 10.2. The van der Waals surface area contributed by atoms with E-state index in [1.54, 1.807) is 6.20 Å². The van der Waals surface area contributed by atoms with E-state index in [4.69, 9.17) is 0 Å². The average Bonchev–Trinajstić information content (AvgIpc) is 3.18. The Balaban J connectivity index is 1.85. The molecule has 0 N–H and O–H groups in total. The van der Waals surface area contributed by atoms with Crippen molar-refractivity contribution in [3.8, 4) is 6.19 Å². The Morgan fingerprint density at radius 1 is 1.14 bits per heavy atom. The molecule has 0 fully saturated rings. The molecule has 1 amide bonds. The van der Waals surface area contributed by atoms with Gasteiger partial charge in [0.05, 0.1) is 5.92 Å². The number of thiazole rings is 1. The number of rotatable bonds is 7. The maximum Gasteiger partial charge on any atom is 0.250 e. The second-order valence-corrected chi connectivity index (χ2v) is 7.91. The minimum absolute atomic E-state index is 0.120. The van der Waals surface area contributed by atoms with Gasteiger partial charge in [-0.3, -0.25) is 4.79 Å². The average molecular weight is 390 g/mol. The highest BCUT2D eigenvalue weighted by molar-refractivity contribution is 7.15. The second kappa shape index (κ2) is 9.29. The van der Waals surface area contributed by atoms with E-state index >= 15 is 0 Å². The molecular formula is C23H23N3OS. The molecule has 3 rings (SSSR count). The van der Waals surface area contributed by atoms with Crippen molar-refractivity contribution in [2.24, 2.45) is 5.92 Å². The van der Waals surface area contributed by atoms with Crippen molar-refractivity contribution in [3.63, 3.8) is 0 Å². The van der Waals surface area contributed by atoms with Crippen molar-refractivity contribution >= 4 is 22.4 Å². The van der Waals surface area contributed by atoms with Crippen LogP contribution in [-0.2, 0) is 11.2 Å². The van der Waals surface area contributed by atoms with Gasteiger partial charge in [-0.25, -0.2) is 4.98 Å². The number of amides is 1. The van der Waals surface area contributed by atoms with Gasteiger partial charge in [0.15, 0.2) is 6.19 Å². The SMILES string of the molecule is CCC(C)C(C(=O)N(C#N)c1ncc(Cc2ccccc2)s1)c1ccccc1. The molecule has 2 atom stereocenters. The molecule has 0 saturated heterocycles. The van der Waals surface area contributed by atoms with Crippen LogP contribution in [0.15, 0.2) is 66.9 Å². The Hall–Kier alpha value is -2.97. The minimum Gasteiger partial charge on any atom is -0.273 e. The van der Waals surface area contributed by atoms with Crippen LogP contribution in [0, 0.1) is 17.4 Å². The van der Waals surface area contributed by atoms with Crippen molar-refractivity contribution in [1.82, 2.24) is 4.98 Å². The summed E-state index contributed by atoms with van der Waals surface area (Å²) < 4.78 is 0. The van der Waals surface area contributed by atoms with Gasteiger partial charge in [-0.2, -0.15) is 10.2 Å². The van der Waals surface area contributed by atoms with E-state index in [9.17, 15) is 10.1 Å². The van der Waals surface area contributed by atoms with E-state index in [0.29, 0.717) is 5.13 Å². The molecule has 0 aliphatic heterocycles. The van der Waals surface area contributed by atoms with Crippen LogP contribution in [0.3, 0.4) is 0 Å². The Morgan fingerprint density at radius 2 is 1.79 bits per heavy atom. The first-order valence-corrected chi connectivity index (χ1v) is 10.2. The number of nitriles is 1. The largest absolute Gasteiger partial charge is 0.273 e. The fourth-order valence-corrected chi connectivity index (χ4v) is 4.12. The van der Waals surface area contributed by atoms with Gasteiger partial charge in [0.2, 0.25) is 11.0 Å². The first kappa shape index (κ1) is 19.8. The smallest absolute Gasteiger partial charge is 0.250 e. The molecule has 2 unspecified atom stereocenters. The molecule has 0 spiro atoms. The molecular weight excluding hydrogens is 366 g/mol. The molecule has 0 bridgehead atoms. The minimum atomic E-state index is -0.368. The van der Waals surface area contributed by atoms with Crippen molar-refractivity contribution < 1.29 is 4.79 Å². The lowest BCUT2D eigenvalue weighted by Crippen LogP contribution is -2.34. The normalized spacial score (nSPS) is 12.8. The molecule has 142 valence electrons. The fraction of sp³-hybridized carbons (Fsp3) is 0.261. The van der Waals surface area contributed by atoms with Crippen LogP contribution >= 0.6 is 11.3 Å². The van der Waals surface area contributed by atoms with Gasteiger partial charge in [0.25, 0.3) is 0 Å². The molecule has 1 aromatic heterocycles. The van der Waals surface area contributed by atoms with Crippen LogP contribution in [0.4, 0.5) is 5.13 Å². The third-order valence-electron chi connectivity index (χ3n) is 4.91. The number of benzene rings is 2. The van der Waals surface area contributed by atoms with Crippen molar-refractivity contribution in [3.05, 3.63) is 82.9 Å². The van der Waals surface area contributed by atoms with Gasteiger partial charge < -0.3 is 0 Å². The Bertz CT molecular complexity index is 947. The van der Waals surface area contributed by atoms with Gasteiger partial charge in [-0.15, -0.1) is 11.3 Å². The summed E-state index contributed by atoms with van der Waals surface area (Å²) in [5.41, 5.74) is 2.11. The standard InChI is InChI=1S/C23H23N3OS/c1-3-17(2)21(19-12-8-5-9-13-19)22(27)26(16-24)23-25-15-20(28-23)14-18-10-6-4-7-11-18/h4-13,15,17,21H,3,14H2,1-2H3. The number of hydrogen-bond donors (Lipinski definition) is 0. The molecule has 4 nitrogen and oxygen atoms in total. The number of carbonyl (C=O) groups is 1. The first-order chi connectivity index (χ1) is 13.6. The Morgan fingerprint density at radius 3 is 2.39 bits per heavy atom. The van der Waals surface area contributed by atoms with Gasteiger partial charge in [0.1, 0.15) is 0 Å². The molecule has 2 aromatic carbocycles. The highest BCUT2D eigenvalue weighted by atomic mass is 32.1. The van der Waals surface area contributed by atoms with E-state index in [1.165, 1.54) is 16.9 Å². The molecule has 0 aliphatic carbocycles. The highest BCUT2D eigenvalue weighted by Gasteiger charge is 2.32. The van der Waals surface area contributed by atoms with E-state index in [2.05, 4.69) is 30.2 Å². The Labute approximate surface area is 170 Å². The molecule has 0 radical (unpaired) electrons. The van der Waals surface area contributed by atoms with Gasteiger partial charge in [0, 0.05) is 17.5 Å². The van der Waals surface area contributed by atoms with Crippen molar-refractivity contribution in [2.75, 3.05) is 4.90 Å². The van der Waals surface area contributed by atoms with Crippen LogP contribution in [-0.4, -0.2) is 10.9 Å². The summed E-state index contributed by atoms with van der Waals surface area (Å²) >= 11 is 1.39. The fourth-order valence-electron chi connectivity index (χ4n) is 3.22. The lowest BCUT2D eigenvalue weighted by Gasteiger charge is -2.24. The number of nitrogens with zero attached hydrogens (tertiary/aromatic N) is 3. The summed E-state index contributed by atoms with van der Waals surface area (Å²) in [6.45, 7) is 4.11. The van der Waals surface area contributed by atoms with Crippen molar-refractivity contribution in [1.29, 1.82) is 5.26 Å². The van der Waals surface area contributed by atoms with E-state index in [1.807, 2.05) is 55.5 Å². The predicted molar refractivity (Wildman–Crippen MR) is 113 cm³/mol.